The Balaban J connectivity index is 1.42. The molecular formula is C27H28N4O4. The van der Waals surface area contributed by atoms with Crippen molar-refractivity contribution in [2.45, 2.75) is 20.3 Å². The average molecular weight is 473 g/mol. The Kier molecular flexibility index (Phi) is 7.30. The van der Waals surface area contributed by atoms with Crippen LogP contribution in [0.5, 0.6) is 5.75 Å². The van der Waals surface area contributed by atoms with Crippen LogP contribution in [0.25, 0.3) is 0 Å². The number of benzene rings is 3. The minimum absolute atomic E-state index is 0.114. The molecule has 1 atom stereocenters. The number of anilines is 4. The lowest BCUT2D eigenvalue weighted by Crippen LogP contribution is -2.28. The average Bonchev–Trinajstić information content (AvgIpc) is 3.24. The van der Waals surface area contributed by atoms with E-state index in [0.717, 1.165) is 5.56 Å². The van der Waals surface area contributed by atoms with Crippen LogP contribution in [0.15, 0.2) is 72.8 Å². The molecule has 1 heterocycles. The summed E-state index contributed by atoms with van der Waals surface area (Å²) in [7, 11) is 0. The molecule has 0 bridgehead atoms. The van der Waals surface area contributed by atoms with Crippen LogP contribution in [0.3, 0.4) is 0 Å². The Bertz CT molecular complexity index is 1230. The second-order valence-corrected chi connectivity index (χ2v) is 8.27. The lowest BCUT2D eigenvalue weighted by atomic mass is 10.1. The van der Waals surface area contributed by atoms with Gasteiger partial charge in [-0.1, -0.05) is 36.4 Å². The summed E-state index contributed by atoms with van der Waals surface area (Å²) in [5, 5.41) is 8.46. The van der Waals surface area contributed by atoms with Gasteiger partial charge in [-0.25, -0.2) is 4.79 Å². The molecule has 8 nitrogen and oxygen atoms in total. The van der Waals surface area contributed by atoms with E-state index in [1.54, 1.807) is 29.2 Å². The van der Waals surface area contributed by atoms with Crippen molar-refractivity contribution >= 4 is 40.6 Å². The van der Waals surface area contributed by atoms with Crippen LogP contribution in [-0.4, -0.2) is 31.0 Å². The molecule has 0 saturated carbocycles. The topological polar surface area (TPSA) is 99.8 Å². The van der Waals surface area contributed by atoms with Gasteiger partial charge in [-0.15, -0.1) is 0 Å². The first-order chi connectivity index (χ1) is 16.9. The number of nitrogens with zero attached hydrogens (tertiary/aromatic N) is 1. The van der Waals surface area contributed by atoms with Crippen molar-refractivity contribution in [2.24, 2.45) is 5.92 Å². The second kappa shape index (κ2) is 10.7. The van der Waals surface area contributed by atoms with Crippen LogP contribution in [0.4, 0.5) is 27.5 Å². The monoisotopic (exact) mass is 472 g/mol. The van der Waals surface area contributed by atoms with Crippen LogP contribution >= 0.6 is 0 Å². The fourth-order valence-electron chi connectivity index (χ4n) is 3.96. The third kappa shape index (κ3) is 5.78. The number of nitrogens with one attached hydrogen (secondary N) is 3. The number of carbonyl (C=O) groups excluding carboxylic acids is 3. The lowest BCUT2D eigenvalue weighted by molar-refractivity contribution is -0.122. The highest BCUT2D eigenvalue weighted by atomic mass is 16.5. The van der Waals surface area contributed by atoms with E-state index in [2.05, 4.69) is 16.0 Å². The summed E-state index contributed by atoms with van der Waals surface area (Å²) < 4.78 is 5.65. The Hall–Kier alpha value is -4.33. The first-order valence-electron chi connectivity index (χ1n) is 11.5. The van der Waals surface area contributed by atoms with Gasteiger partial charge in [0.1, 0.15) is 5.75 Å². The van der Waals surface area contributed by atoms with Crippen molar-refractivity contribution in [2.75, 3.05) is 34.0 Å². The van der Waals surface area contributed by atoms with E-state index < -0.39 is 5.92 Å². The van der Waals surface area contributed by atoms with Gasteiger partial charge in [0.25, 0.3) is 0 Å². The molecule has 0 aliphatic carbocycles. The normalized spacial score (nSPS) is 15.0. The summed E-state index contributed by atoms with van der Waals surface area (Å²) in [5.41, 5.74) is 3.30. The smallest absolute Gasteiger partial charge is 0.323 e. The van der Waals surface area contributed by atoms with E-state index in [-0.39, 0.29) is 30.8 Å². The molecule has 35 heavy (non-hydrogen) atoms. The molecule has 1 saturated heterocycles. The molecule has 1 fully saturated rings. The Morgan fingerprint density at radius 2 is 1.66 bits per heavy atom. The zero-order valence-corrected chi connectivity index (χ0v) is 19.7. The third-order valence-electron chi connectivity index (χ3n) is 5.74. The first-order valence-corrected chi connectivity index (χ1v) is 11.5. The lowest BCUT2D eigenvalue weighted by Gasteiger charge is -2.20. The quantitative estimate of drug-likeness (QED) is 0.449. The molecule has 3 aromatic carbocycles. The predicted molar refractivity (Wildman–Crippen MR) is 137 cm³/mol. The van der Waals surface area contributed by atoms with Crippen molar-refractivity contribution in [1.29, 1.82) is 0 Å². The number of rotatable bonds is 7. The van der Waals surface area contributed by atoms with E-state index in [1.165, 1.54) is 0 Å². The number of hydrogen-bond acceptors (Lipinski definition) is 4. The molecule has 0 radical (unpaired) electrons. The van der Waals surface area contributed by atoms with Gasteiger partial charge < -0.3 is 25.6 Å². The number of hydrogen-bond donors (Lipinski definition) is 3. The molecule has 180 valence electrons. The Morgan fingerprint density at radius 1 is 0.943 bits per heavy atom. The highest BCUT2D eigenvalue weighted by Gasteiger charge is 2.36. The third-order valence-corrected chi connectivity index (χ3v) is 5.74. The van der Waals surface area contributed by atoms with E-state index in [9.17, 15) is 14.4 Å². The summed E-state index contributed by atoms with van der Waals surface area (Å²) in [6.07, 6.45) is 0.114. The van der Waals surface area contributed by atoms with Crippen molar-refractivity contribution in [1.82, 2.24) is 0 Å². The Labute approximate surface area is 204 Å². The maximum Gasteiger partial charge on any atom is 0.323 e. The van der Waals surface area contributed by atoms with Gasteiger partial charge in [-0.05, 0) is 55.8 Å². The number of amides is 4. The van der Waals surface area contributed by atoms with E-state index in [0.29, 0.717) is 35.1 Å². The van der Waals surface area contributed by atoms with E-state index in [4.69, 9.17) is 4.74 Å². The fourth-order valence-corrected chi connectivity index (χ4v) is 3.96. The van der Waals surface area contributed by atoms with Crippen molar-refractivity contribution in [3.8, 4) is 5.75 Å². The van der Waals surface area contributed by atoms with Gasteiger partial charge in [0.2, 0.25) is 11.8 Å². The SMILES string of the molecule is CCOc1ccccc1N1CC(C(=O)Nc2cc(NC(=O)Nc3ccccc3)ccc2C)CC1=O. The van der Waals surface area contributed by atoms with Crippen LogP contribution in [-0.2, 0) is 9.59 Å². The summed E-state index contributed by atoms with van der Waals surface area (Å²) >= 11 is 0. The minimum atomic E-state index is -0.505. The summed E-state index contributed by atoms with van der Waals surface area (Å²) in [4.78, 5) is 39.7. The van der Waals surface area contributed by atoms with Crippen molar-refractivity contribution < 1.29 is 19.1 Å². The summed E-state index contributed by atoms with van der Waals surface area (Å²) in [6, 6.07) is 21.3. The number of carbonyl (C=O) groups is 3. The van der Waals surface area contributed by atoms with Gasteiger partial charge in [0.05, 0.1) is 18.2 Å². The zero-order chi connectivity index (χ0) is 24.8. The van der Waals surface area contributed by atoms with Gasteiger partial charge in [-0.3, -0.25) is 9.59 Å². The largest absolute Gasteiger partial charge is 0.492 e. The molecule has 4 rings (SSSR count). The molecule has 0 aromatic heterocycles. The maximum absolute atomic E-state index is 13.1. The minimum Gasteiger partial charge on any atom is -0.492 e. The molecule has 3 N–H and O–H groups in total. The highest BCUT2D eigenvalue weighted by Crippen LogP contribution is 2.33. The van der Waals surface area contributed by atoms with Crippen LogP contribution in [0.1, 0.15) is 18.9 Å². The van der Waals surface area contributed by atoms with Crippen LogP contribution in [0.2, 0.25) is 0 Å². The number of urea groups is 1. The van der Waals surface area contributed by atoms with Gasteiger partial charge in [0, 0.05) is 30.0 Å². The predicted octanol–water partition coefficient (Wildman–Crippen LogP) is 5.03. The zero-order valence-electron chi connectivity index (χ0n) is 19.7. The highest BCUT2D eigenvalue weighted by molar-refractivity contribution is 6.05. The molecule has 1 aliphatic rings. The van der Waals surface area contributed by atoms with Gasteiger partial charge in [-0.2, -0.15) is 0 Å². The maximum atomic E-state index is 13.1. The first kappa shape index (κ1) is 23.8. The second-order valence-electron chi connectivity index (χ2n) is 8.27. The van der Waals surface area contributed by atoms with Crippen LogP contribution in [0, 0.1) is 12.8 Å². The molecule has 1 unspecified atom stereocenters. The summed E-state index contributed by atoms with van der Waals surface area (Å²) in [6.45, 7) is 4.50. The molecular weight excluding hydrogens is 444 g/mol. The van der Waals surface area contributed by atoms with Gasteiger partial charge >= 0.3 is 6.03 Å². The van der Waals surface area contributed by atoms with Crippen molar-refractivity contribution in [3.05, 3.63) is 78.4 Å². The van der Waals surface area contributed by atoms with Crippen LogP contribution < -0.4 is 25.6 Å². The standard InChI is InChI=1S/C27H28N4O4/c1-3-35-24-12-8-7-11-23(24)31-17-19(15-25(31)32)26(33)30-22-16-21(14-13-18(22)2)29-27(34)28-20-9-5-4-6-10-20/h4-14,16,19H,3,15,17H2,1-2H3,(H,30,33)(H2,28,29,34). The molecule has 8 heteroatoms. The molecule has 3 aromatic rings. The fraction of sp³-hybridized carbons (Fsp3) is 0.222. The molecule has 1 aliphatic heterocycles. The Morgan fingerprint density at radius 3 is 2.43 bits per heavy atom. The van der Waals surface area contributed by atoms with Crippen molar-refractivity contribution in [3.63, 3.8) is 0 Å². The summed E-state index contributed by atoms with van der Waals surface area (Å²) in [5.74, 6) is -0.256. The molecule has 4 amide bonds. The number of ether oxygens (including phenoxy) is 1. The number of aryl methyl sites for hydroxylation is 1. The van der Waals surface area contributed by atoms with E-state index >= 15 is 0 Å². The van der Waals surface area contributed by atoms with Gasteiger partial charge in [0.15, 0.2) is 0 Å². The number of para-hydroxylation sites is 3. The van der Waals surface area contributed by atoms with E-state index in [1.807, 2.05) is 62.4 Å². The molecule has 0 spiro atoms.